The Bertz CT molecular complexity index is 1570. The molecule has 1 N–H and O–H groups in total. The Balaban J connectivity index is 1.55. The smallest absolute Gasteiger partial charge is 0.280 e. The number of carbonyl (C=O) groups excluding carboxylic acids is 1. The first-order valence-corrected chi connectivity index (χ1v) is 10.4. The molecule has 0 aliphatic heterocycles. The van der Waals surface area contributed by atoms with Crippen LogP contribution < -0.4 is 15.7 Å². The van der Waals surface area contributed by atoms with Gasteiger partial charge in [0.05, 0.1) is 23.7 Å². The minimum Gasteiger partial charge on any atom is -0.497 e. The Labute approximate surface area is 193 Å². The molecule has 0 aliphatic rings. The maximum absolute atomic E-state index is 13.1. The second kappa shape index (κ2) is 8.07. The fraction of sp³-hybridized carbons (Fsp3) is 0.0833. The number of methoxy groups -OCH3 is 1. The number of rotatable bonds is 4. The predicted molar refractivity (Wildman–Crippen MR) is 127 cm³/mol. The van der Waals surface area contributed by atoms with Crippen LogP contribution in [-0.4, -0.2) is 32.3 Å². The van der Waals surface area contributed by atoms with Crippen LogP contribution in [0.2, 0.25) is 5.02 Å². The topological polar surface area (TPSA) is 90.5 Å². The molecule has 5 aromatic rings. The normalized spacial score (nSPS) is 11.1. The van der Waals surface area contributed by atoms with E-state index in [1.807, 2.05) is 31.2 Å². The SMILES string of the molecule is COc1ccc(C(=O)Nn2ccc3c(cnc4c(-c5ccc(Cl)cc5)c(C)nn43)c2=O)cc1. The molecule has 0 aliphatic carbocycles. The van der Waals surface area contributed by atoms with Gasteiger partial charge in [0.15, 0.2) is 5.65 Å². The lowest BCUT2D eigenvalue weighted by Gasteiger charge is -2.10. The van der Waals surface area contributed by atoms with Crippen LogP contribution in [0.5, 0.6) is 5.75 Å². The lowest BCUT2D eigenvalue weighted by atomic mass is 10.1. The van der Waals surface area contributed by atoms with Gasteiger partial charge in [-0.3, -0.25) is 15.0 Å². The van der Waals surface area contributed by atoms with Crippen LogP contribution in [0.4, 0.5) is 0 Å². The number of benzene rings is 2. The van der Waals surface area contributed by atoms with Crippen LogP contribution in [0.25, 0.3) is 27.7 Å². The van der Waals surface area contributed by atoms with E-state index < -0.39 is 11.5 Å². The van der Waals surface area contributed by atoms with Gasteiger partial charge >= 0.3 is 0 Å². The van der Waals surface area contributed by atoms with E-state index >= 15 is 0 Å². The molecular formula is C24H18ClN5O3. The monoisotopic (exact) mass is 459 g/mol. The van der Waals surface area contributed by atoms with Crippen LogP contribution >= 0.6 is 11.6 Å². The van der Waals surface area contributed by atoms with E-state index in [0.29, 0.717) is 32.9 Å². The third-order valence-corrected chi connectivity index (χ3v) is 5.65. The van der Waals surface area contributed by atoms with Crippen molar-refractivity contribution in [2.45, 2.75) is 6.92 Å². The molecule has 2 aromatic carbocycles. The summed E-state index contributed by atoms with van der Waals surface area (Å²) in [5.41, 5.74) is 6.37. The molecule has 33 heavy (non-hydrogen) atoms. The van der Waals surface area contributed by atoms with E-state index in [1.54, 1.807) is 42.0 Å². The van der Waals surface area contributed by atoms with Crippen LogP contribution in [0, 0.1) is 6.92 Å². The number of hydrogen-bond donors (Lipinski definition) is 1. The van der Waals surface area contributed by atoms with Crippen molar-refractivity contribution in [1.29, 1.82) is 0 Å². The van der Waals surface area contributed by atoms with Crippen LogP contribution in [-0.2, 0) is 0 Å². The van der Waals surface area contributed by atoms with Gasteiger partial charge in [-0.2, -0.15) is 5.10 Å². The number of fused-ring (bicyclic) bond motifs is 3. The summed E-state index contributed by atoms with van der Waals surface area (Å²) < 4.78 is 7.89. The summed E-state index contributed by atoms with van der Waals surface area (Å²) in [7, 11) is 1.55. The summed E-state index contributed by atoms with van der Waals surface area (Å²) in [4.78, 5) is 30.2. The predicted octanol–water partition coefficient (Wildman–Crippen LogP) is 4.07. The van der Waals surface area contributed by atoms with Crippen molar-refractivity contribution in [3.63, 3.8) is 0 Å². The van der Waals surface area contributed by atoms with Gasteiger partial charge in [-0.15, -0.1) is 0 Å². The number of ether oxygens (including phenoxy) is 1. The minimum atomic E-state index is -0.423. The molecule has 0 unspecified atom stereocenters. The molecule has 0 radical (unpaired) electrons. The van der Waals surface area contributed by atoms with Crippen molar-refractivity contribution in [3.05, 3.63) is 93.6 Å². The molecule has 9 heteroatoms. The second-order valence-electron chi connectivity index (χ2n) is 7.42. The van der Waals surface area contributed by atoms with E-state index in [-0.39, 0.29) is 0 Å². The highest BCUT2D eigenvalue weighted by atomic mass is 35.5. The number of nitrogens with one attached hydrogen (secondary N) is 1. The number of hydrogen-bond acceptors (Lipinski definition) is 5. The molecule has 0 atom stereocenters. The summed E-state index contributed by atoms with van der Waals surface area (Å²) in [5.74, 6) is 0.213. The molecule has 8 nitrogen and oxygen atoms in total. The minimum absolute atomic E-state index is 0.324. The summed E-state index contributed by atoms with van der Waals surface area (Å²) in [6, 6.07) is 15.8. The van der Waals surface area contributed by atoms with E-state index in [4.69, 9.17) is 16.3 Å². The average molecular weight is 460 g/mol. The van der Waals surface area contributed by atoms with Gasteiger partial charge < -0.3 is 4.74 Å². The molecule has 0 spiro atoms. The van der Waals surface area contributed by atoms with Crippen LogP contribution in [0.15, 0.2) is 71.8 Å². The van der Waals surface area contributed by atoms with Crippen molar-refractivity contribution in [3.8, 4) is 16.9 Å². The first-order chi connectivity index (χ1) is 16.0. The Morgan fingerprint density at radius 2 is 1.79 bits per heavy atom. The average Bonchev–Trinajstić information content (AvgIpc) is 3.17. The highest BCUT2D eigenvalue weighted by Crippen LogP contribution is 2.29. The van der Waals surface area contributed by atoms with Gasteiger partial charge in [0.1, 0.15) is 5.75 Å². The molecule has 5 rings (SSSR count). The summed E-state index contributed by atoms with van der Waals surface area (Å²) >= 11 is 6.02. The van der Waals surface area contributed by atoms with E-state index in [0.717, 1.165) is 21.5 Å². The third-order valence-electron chi connectivity index (χ3n) is 5.39. The van der Waals surface area contributed by atoms with Crippen LogP contribution in [0.3, 0.4) is 0 Å². The number of aromatic nitrogens is 4. The Hall–Kier alpha value is -4.17. The maximum atomic E-state index is 13.1. The Morgan fingerprint density at radius 3 is 2.48 bits per heavy atom. The first-order valence-electron chi connectivity index (χ1n) is 10.1. The third kappa shape index (κ3) is 3.60. The quantitative estimate of drug-likeness (QED) is 0.437. The molecule has 0 saturated heterocycles. The molecule has 1 amide bonds. The zero-order chi connectivity index (χ0) is 23.1. The summed E-state index contributed by atoms with van der Waals surface area (Å²) in [5, 5.41) is 5.58. The first kappa shape index (κ1) is 20.7. The molecule has 0 saturated carbocycles. The Morgan fingerprint density at radius 1 is 1.06 bits per heavy atom. The van der Waals surface area contributed by atoms with Gasteiger partial charge in [0.2, 0.25) is 0 Å². The second-order valence-corrected chi connectivity index (χ2v) is 7.86. The van der Waals surface area contributed by atoms with Crippen molar-refractivity contribution in [2.75, 3.05) is 12.5 Å². The zero-order valence-corrected chi connectivity index (χ0v) is 18.5. The fourth-order valence-electron chi connectivity index (χ4n) is 3.73. The molecule has 3 aromatic heterocycles. The van der Waals surface area contributed by atoms with Gasteiger partial charge in [-0.05, 0) is 55.0 Å². The molecular weight excluding hydrogens is 442 g/mol. The molecule has 0 fully saturated rings. The van der Waals surface area contributed by atoms with Crippen molar-refractivity contribution in [2.24, 2.45) is 0 Å². The van der Waals surface area contributed by atoms with Crippen molar-refractivity contribution < 1.29 is 9.53 Å². The van der Waals surface area contributed by atoms with Crippen LogP contribution in [0.1, 0.15) is 16.1 Å². The van der Waals surface area contributed by atoms with Gasteiger partial charge in [0, 0.05) is 28.5 Å². The number of nitrogens with zero attached hydrogens (tertiary/aromatic N) is 4. The fourth-order valence-corrected chi connectivity index (χ4v) is 3.86. The van der Waals surface area contributed by atoms with E-state index in [9.17, 15) is 9.59 Å². The Kier molecular flexibility index (Phi) is 5.07. The highest BCUT2D eigenvalue weighted by Gasteiger charge is 2.17. The van der Waals surface area contributed by atoms with E-state index in [2.05, 4.69) is 15.5 Å². The highest BCUT2D eigenvalue weighted by molar-refractivity contribution is 6.30. The van der Waals surface area contributed by atoms with Crippen molar-refractivity contribution >= 4 is 34.1 Å². The largest absolute Gasteiger partial charge is 0.497 e. The number of carbonyl (C=O) groups is 1. The maximum Gasteiger partial charge on any atom is 0.280 e. The van der Waals surface area contributed by atoms with Gasteiger partial charge in [-0.25, -0.2) is 14.2 Å². The summed E-state index contributed by atoms with van der Waals surface area (Å²) in [6.45, 7) is 1.89. The van der Waals surface area contributed by atoms with Gasteiger partial charge in [-0.1, -0.05) is 23.7 Å². The molecule has 164 valence electrons. The molecule has 3 heterocycles. The standard InChI is InChI=1S/C24H18ClN5O3/c1-14-21(15-3-7-17(25)8-4-15)22-26-13-19-20(30(22)27-14)11-12-29(24(19)32)28-23(31)16-5-9-18(33-2)10-6-16/h3-13H,1-2H3,(H,28,31). The number of amides is 1. The lowest BCUT2D eigenvalue weighted by Crippen LogP contribution is -2.32. The van der Waals surface area contributed by atoms with Gasteiger partial charge in [0.25, 0.3) is 11.5 Å². The zero-order valence-electron chi connectivity index (χ0n) is 17.7. The van der Waals surface area contributed by atoms with Crippen molar-refractivity contribution in [1.82, 2.24) is 19.3 Å². The summed E-state index contributed by atoms with van der Waals surface area (Å²) in [6.07, 6.45) is 3.01. The number of aryl methyl sites for hydroxylation is 1. The molecule has 0 bridgehead atoms. The lowest BCUT2D eigenvalue weighted by molar-refractivity contribution is 0.101. The van der Waals surface area contributed by atoms with E-state index in [1.165, 1.54) is 12.4 Å². The number of halogens is 1. The number of pyridine rings is 1.